The molecule has 0 amide bonds. The van der Waals surface area contributed by atoms with Crippen LogP contribution in [-0.4, -0.2) is 29.1 Å². The topological polar surface area (TPSA) is 80.9 Å². The number of hydrogen-bond acceptors (Lipinski definition) is 5. The molecule has 2 aromatic carbocycles. The lowest BCUT2D eigenvalue weighted by Crippen LogP contribution is -2.22. The summed E-state index contributed by atoms with van der Waals surface area (Å²) >= 11 is 7.57. The number of nitrogens with zero attached hydrogens (tertiary/aromatic N) is 5. The number of fused-ring (bicyclic) bond motifs is 4. The Morgan fingerprint density at radius 1 is 1.18 bits per heavy atom. The maximum absolute atomic E-state index is 12.7. The van der Waals surface area contributed by atoms with E-state index in [0.29, 0.717) is 28.5 Å². The highest BCUT2D eigenvalue weighted by Crippen LogP contribution is 2.25. The molecule has 0 saturated heterocycles. The number of benzene rings is 2. The molecule has 5 aromatic rings. The van der Waals surface area contributed by atoms with E-state index >= 15 is 0 Å². The molecule has 1 N–H and O–H groups in total. The predicted molar refractivity (Wildman–Crippen MR) is 111 cm³/mol. The third-order valence-electron chi connectivity index (χ3n) is 4.65. The van der Waals surface area contributed by atoms with Crippen LogP contribution in [0.25, 0.3) is 27.7 Å². The number of aromatic nitrogens is 6. The second-order valence-electron chi connectivity index (χ2n) is 6.31. The van der Waals surface area contributed by atoms with Crippen molar-refractivity contribution in [3.05, 3.63) is 63.7 Å². The molecule has 0 atom stereocenters. The Bertz CT molecular complexity index is 1400. The summed E-state index contributed by atoms with van der Waals surface area (Å²) in [5.74, 6) is 1.87. The summed E-state index contributed by atoms with van der Waals surface area (Å²) in [6.07, 6.45) is 0. The first kappa shape index (κ1) is 17.3. The standard InChI is InChI=1S/C19H15ClN6OS/c1-2-25-17(27)12-5-3-4-6-15(12)26-16(23-24-19(25)26)10-28-18-21-13-8-7-11(20)9-14(13)22-18/h3-9H,2,10H2,1H3,(H,21,22). The van der Waals surface area contributed by atoms with Crippen molar-refractivity contribution >= 4 is 51.1 Å². The zero-order valence-corrected chi connectivity index (χ0v) is 16.5. The Hall–Kier alpha value is -2.84. The third kappa shape index (κ3) is 2.68. The van der Waals surface area contributed by atoms with Gasteiger partial charge in [-0.05, 0) is 37.3 Å². The Kier molecular flexibility index (Phi) is 4.10. The number of aryl methyl sites for hydroxylation is 1. The number of thioether (sulfide) groups is 1. The molecule has 0 fully saturated rings. The lowest BCUT2D eigenvalue weighted by atomic mass is 10.2. The highest BCUT2D eigenvalue weighted by atomic mass is 35.5. The van der Waals surface area contributed by atoms with E-state index in [1.807, 2.05) is 53.8 Å². The van der Waals surface area contributed by atoms with E-state index in [1.165, 1.54) is 11.8 Å². The molecular formula is C19H15ClN6OS. The van der Waals surface area contributed by atoms with Crippen LogP contribution in [0.1, 0.15) is 12.7 Å². The molecule has 0 spiro atoms. The van der Waals surface area contributed by atoms with Crippen molar-refractivity contribution in [1.29, 1.82) is 0 Å². The molecule has 140 valence electrons. The first-order chi connectivity index (χ1) is 13.7. The first-order valence-corrected chi connectivity index (χ1v) is 10.2. The molecule has 0 unspecified atom stereocenters. The molecule has 3 heterocycles. The van der Waals surface area contributed by atoms with Crippen LogP contribution in [0, 0.1) is 0 Å². The highest BCUT2D eigenvalue weighted by molar-refractivity contribution is 7.98. The predicted octanol–water partition coefficient (Wildman–Crippen LogP) is 3.89. The maximum Gasteiger partial charge on any atom is 0.262 e. The third-order valence-corrected chi connectivity index (χ3v) is 5.76. The van der Waals surface area contributed by atoms with Gasteiger partial charge in [-0.25, -0.2) is 4.98 Å². The Morgan fingerprint density at radius 3 is 2.89 bits per heavy atom. The van der Waals surface area contributed by atoms with Gasteiger partial charge in [0.2, 0.25) is 5.78 Å². The number of imidazole rings is 1. The summed E-state index contributed by atoms with van der Waals surface area (Å²) in [4.78, 5) is 20.6. The quantitative estimate of drug-likeness (QED) is 0.454. The van der Waals surface area contributed by atoms with Gasteiger partial charge in [-0.1, -0.05) is 35.5 Å². The number of rotatable bonds is 4. The number of aromatic amines is 1. The van der Waals surface area contributed by atoms with Crippen molar-refractivity contribution in [3.8, 4) is 0 Å². The van der Waals surface area contributed by atoms with Crippen LogP contribution in [0.15, 0.2) is 52.4 Å². The molecule has 0 bridgehead atoms. The van der Waals surface area contributed by atoms with E-state index < -0.39 is 0 Å². The second-order valence-corrected chi connectivity index (χ2v) is 7.71. The molecule has 0 aliphatic rings. The van der Waals surface area contributed by atoms with Crippen molar-refractivity contribution in [2.24, 2.45) is 0 Å². The van der Waals surface area contributed by atoms with Crippen LogP contribution in [0.4, 0.5) is 0 Å². The lowest BCUT2D eigenvalue weighted by Gasteiger charge is -2.09. The van der Waals surface area contributed by atoms with Crippen LogP contribution in [0.2, 0.25) is 5.02 Å². The number of halogens is 1. The van der Waals surface area contributed by atoms with Gasteiger partial charge < -0.3 is 4.98 Å². The van der Waals surface area contributed by atoms with E-state index in [-0.39, 0.29) is 5.56 Å². The van der Waals surface area contributed by atoms with Gasteiger partial charge in [0.1, 0.15) is 5.82 Å². The van der Waals surface area contributed by atoms with Gasteiger partial charge >= 0.3 is 0 Å². The fraction of sp³-hybridized carbons (Fsp3) is 0.158. The second kappa shape index (κ2) is 6.65. The smallest absolute Gasteiger partial charge is 0.262 e. The Morgan fingerprint density at radius 2 is 2.04 bits per heavy atom. The summed E-state index contributed by atoms with van der Waals surface area (Å²) in [6, 6.07) is 13.1. The van der Waals surface area contributed by atoms with Crippen molar-refractivity contribution < 1.29 is 0 Å². The molecule has 0 radical (unpaired) electrons. The zero-order chi connectivity index (χ0) is 19.3. The van der Waals surface area contributed by atoms with Crippen LogP contribution < -0.4 is 5.56 Å². The molecule has 3 aromatic heterocycles. The highest BCUT2D eigenvalue weighted by Gasteiger charge is 2.16. The summed E-state index contributed by atoms with van der Waals surface area (Å²) in [5, 5.41) is 10.7. The number of para-hydroxylation sites is 1. The van der Waals surface area contributed by atoms with Crippen molar-refractivity contribution in [1.82, 2.24) is 29.1 Å². The molecule has 0 aliphatic carbocycles. The average molecular weight is 411 g/mol. The first-order valence-electron chi connectivity index (χ1n) is 8.79. The zero-order valence-electron chi connectivity index (χ0n) is 14.9. The van der Waals surface area contributed by atoms with Crippen molar-refractivity contribution in [2.75, 3.05) is 0 Å². The molecule has 5 rings (SSSR count). The molecular weight excluding hydrogens is 396 g/mol. The van der Waals surface area contributed by atoms with E-state index in [9.17, 15) is 4.79 Å². The fourth-order valence-electron chi connectivity index (χ4n) is 3.35. The minimum atomic E-state index is -0.0497. The Labute approximate surface area is 168 Å². The fourth-order valence-corrected chi connectivity index (χ4v) is 4.32. The normalized spacial score (nSPS) is 11.8. The number of H-pyrrole nitrogens is 1. The maximum atomic E-state index is 12.7. The van der Waals surface area contributed by atoms with E-state index in [0.717, 1.165) is 27.5 Å². The summed E-state index contributed by atoms with van der Waals surface area (Å²) in [7, 11) is 0. The molecule has 7 nitrogen and oxygen atoms in total. The SMILES string of the molecule is CCn1c(=O)c2ccccc2n2c(CSc3nc4ccc(Cl)cc4[nH]3)nnc12. The van der Waals surface area contributed by atoms with Crippen molar-refractivity contribution in [3.63, 3.8) is 0 Å². The summed E-state index contributed by atoms with van der Waals surface area (Å²) in [6.45, 7) is 2.46. The average Bonchev–Trinajstić information content (AvgIpc) is 3.30. The lowest BCUT2D eigenvalue weighted by molar-refractivity contribution is 0.735. The van der Waals surface area contributed by atoms with Gasteiger partial charge in [-0.3, -0.25) is 13.8 Å². The monoisotopic (exact) mass is 410 g/mol. The van der Waals surface area contributed by atoms with E-state index in [2.05, 4.69) is 20.2 Å². The van der Waals surface area contributed by atoms with E-state index in [4.69, 9.17) is 11.6 Å². The van der Waals surface area contributed by atoms with Crippen molar-refractivity contribution in [2.45, 2.75) is 24.4 Å². The van der Waals surface area contributed by atoms with Gasteiger partial charge in [-0.15, -0.1) is 10.2 Å². The largest absolute Gasteiger partial charge is 0.333 e. The van der Waals surface area contributed by atoms with Gasteiger partial charge in [0.15, 0.2) is 5.16 Å². The molecule has 28 heavy (non-hydrogen) atoms. The van der Waals surface area contributed by atoms with Crippen LogP contribution in [-0.2, 0) is 12.3 Å². The van der Waals surface area contributed by atoms with Gasteiger partial charge in [0, 0.05) is 11.6 Å². The van der Waals surface area contributed by atoms with Crippen LogP contribution in [0.5, 0.6) is 0 Å². The summed E-state index contributed by atoms with van der Waals surface area (Å²) in [5.41, 5.74) is 2.52. The van der Waals surface area contributed by atoms with Crippen LogP contribution >= 0.6 is 23.4 Å². The van der Waals surface area contributed by atoms with E-state index in [1.54, 1.807) is 4.57 Å². The molecule has 9 heteroatoms. The van der Waals surface area contributed by atoms with Gasteiger partial charge in [0.25, 0.3) is 5.56 Å². The minimum absolute atomic E-state index is 0.0497. The summed E-state index contributed by atoms with van der Waals surface area (Å²) < 4.78 is 3.60. The van der Waals surface area contributed by atoms with Gasteiger partial charge in [-0.2, -0.15) is 0 Å². The molecule has 0 saturated carbocycles. The van der Waals surface area contributed by atoms with Gasteiger partial charge in [0.05, 0.1) is 27.7 Å². The Balaban J connectivity index is 1.59. The van der Waals surface area contributed by atoms with Crippen LogP contribution in [0.3, 0.4) is 0 Å². The minimum Gasteiger partial charge on any atom is -0.333 e. The number of nitrogens with one attached hydrogen (secondary N) is 1. The molecule has 0 aliphatic heterocycles. The number of hydrogen-bond donors (Lipinski definition) is 1.